The number of nitrogens with zero attached hydrogens (tertiary/aromatic N) is 3. The van der Waals surface area contributed by atoms with Crippen molar-refractivity contribution in [1.29, 1.82) is 0 Å². The Hall–Kier alpha value is -2.21. The molecule has 25 heavy (non-hydrogen) atoms. The zero-order chi connectivity index (χ0) is 17.1. The fraction of sp³-hybridized carbons (Fsp3) is 0.526. The number of carbonyl (C=O) groups is 1. The number of morpholine rings is 1. The Kier molecular flexibility index (Phi) is 4.78. The van der Waals surface area contributed by atoms with E-state index in [9.17, 15) is 4.79 Å². The van der Waals surface area contributed by atoms with Crippen molar-refractivity contribution >= 4 is 28.3 Å². The van der Waals surface area contributed by atoms with Gasteiger partial charge in [-0.05, 0) is 37.0 Å². The van der Waals surface area contributed by atoms with Crippen LogP contribution in [0.2, 0.25) is 0 Å². The van der Waals surface area contributed by atoms with Crippen LogP contribution >= 0.6 is 0 Å². The van der Waals surface area contributed by atoms with E-state index in [-0.39, 0.29) is 5.91 Å². The van der Waals surface area contributed by atoms with Crippen LogP contribution in [-0.4, -0.2) is 42.2 Å². The first-order valence-corrected chi connectivity index (χ1v) is 9.17. The van der Waals surface area contributed by atoms with E-state index in [0.717, 1.165) is 48.7 Å². The zero-order valence-corrected chi connectivity index (χ0v) is 14.4. The second kappa shape index (κ2) is 7.35. The van der Waals surface area contributed by atoms with Crippen molar-refractivity contribution < 1.29 is 9.53 Å². The first kappa shape index (κ1) is 16.3. The molecular formula is C19H24N4O2. The molecule has 0 spiro atoms. The summed E-state index contributed by atoms with van der Waals surface area (Å²) in [6.07, 6.45) is 7.10. The highest BCUT2D eigenvalue weighted by atomic mass is 16.5. The van der Waals surface area contributed by atoms with E-state index in [1.165, 1.54) is 25.7 Å². The molecule has 0 atom stereocenters. The number of hydrogen-bond donors (Lipinski definition) is 1. The number of benzene rings is 1. The van der Waals surface area contributed by atoms with Crippen LogP contribution in [0, 0.1) is 5.92 Å². The van der Waals surface area contributed by atoms with Crippen LogP contribution in [0.3, 0.4) is 0 Å². The third-order valence-electron chi connectivity index (χ3n) is 5.16. The maximum atomic E-state index is 12.3. The summed E-state index contributed by atoms with van der Waals surface area (Å²) < 4.78 is 5.42. The van der Waals surface area contributed by atoms with Gasteiger partial charge < -0.3 is 15.0 Å². The molecule has 2 heterocycles. The molecule has 0 radical (unpaired) electrons. The SMILES string of the molecule is O=C(CC1CCCC1)Nc1ccc2c(N3CCOCC3)ncnc2c1. The number of nitrogens with one attached hydrogen (secondary N) is 1. The van der Waals surface area contributed by atoms with Crippen molar-refractivity contribution in [3.05, 3.63) is 24.5 Å². The summed E-state index contributed by atoms with van der Waals surface area (Å²) in [6, 6.07) is 5.89. The molecule has 1 saturated heterocycles. The molecule has 2 aromatic rings. The van der Waals surface area contributed by atoms with E-state index < -0.39 is 0 Å². The molecule has 1 aromatic carbocycles. The third kappa shape index (κ3) is 3.74. The summed E-state index contributed by atoms with van der Waals surface area (Å²) in [5, 5.41) is 4.04. The lowest BCUT2D eigenvalue weighted by Crippen LogP contribution is -2.36. The van der Waals surface area contributed by atoms with Crippen molar-refractivity contribution in [1.82, 2.24) is 9.97 Å². The molecule has 6 nitrogen and oxygen atoms in total. The lowest BCUT2D eigenvalue weighted by molar-refractivity contribution is -0.117. The topological polar surface area (TPSA) is 67.4 Å². The number of anilines is 2. The standard InChI is InChI=1S/C19H24N4O2/c24-18(11-14-3-1-2-4-14)22-15-5-6-16-17(12-15)20-13-21-19(16)23-7-9-25-10-8-23/h5-6,12-14H,1-4,7-11H2,(H,22,24). The molecule has 0 unspecified atom stereocenters. The Morgan fingerprint density at radius 2 is 2.00 bits per heavy atom. The summed E-state index contributed by atoms with van der Waals surface area (Å²) >= 11 is 0. The fourth-order valence-electron chi connectivity index (χ4n) is 3.84. The van der Waals surface area contributed by atoms with Gasteiger partial charge >= 0.3 is 0 Å². The summed E-state index contributed by atoms with van der Waals surface area (Å²) in [7, 11) is 0. The van der Waals surface area contributed by atoms with Gasteiger partial charge in [0.15, 0.2) is 0 Å². The lowest BCUT2D eigenvalue weighted by atomic mass is 10.0. The predicted octanol–water partition coefficient (Wildman–Crippen LogP) is 2.99. The molecule has 0 bridgehead atoms. The van der Waals surface area contributed by atoms with Gasteiger partial charge in [0.2, 0.25) is 5.91 Å². The highest BCUT2D eigenvalue weighted by Gasteiger charge is 2.19. The maximum Gasteiger partial charge on any atom is 0.224 e. The summed E-state index contributed by atoms with van der Waals surface area (Å²) in [4.78, 5) is 23.3. The largest absolute Gasteiger partial charge is 0.378 e. The van der Waals surface area contributed by atoms with Gasteiger partial charge in [0.25, 0.3) is 0 Å². The van der Waals surface area contributed by atoms with Crippen molar-refractivity contribution in [3.63, 3.8) is 0 Å². The van der Waals surface area contributed by atoms with E-state index in [1.807, 2.05) is 18.2 Å². The number of aromatic nitrogens is 2. The average molecular weight is 340 g/mol. The molecular weight excluding hydrogens is 316 g/mol. The van der Waals surface area contributed by atoms with Gasteiger partial charge in [-0.2, -0.15) is 0 Å². The Labute approximate surface area is 147 Å². The van der Waals surface area contributed by atoms with Crippen molar-refractivity contribution in [3.8, 4) is 0 Å². The smallest absolute Gasteiger partial charge is 0.224 e. The third-order valence-corrected chi connectivity index (χ3v) is 5.16. The normalized spacial score (nSPS) is 18.6. The molecule has 1 amide bonds. The molecule has 1 aliphatic carbocycles. The van der Waals surface area contributed by atoms with Crippen molar-refractivity contribution in [2.75, 3.05) is 36.5 Å². The first-order chi connectivity index (χ1) is 12.3. The van der Waals surface area contributed by atoms with E-state index in [2.05, 4.69) is 20.2 Å². The molecule has 4 rings (SSSR count). The number of carbonyl (C=O) groups excluding carboxylic acids is 1. The molecule has 6 heteroatoms. The monoisotopic (exact) mass is 340 g/mol. The predicted molar refractivity (Wildman–Crippen MR) is 97.8 cm³/mol. The number of amides is 1. The van der Waals surface area contributed by atoms with E-state index in [4.69, 9.17) is 4.74 Å². The Bertz CT molecular complexity index is 752. The van der Waals surface area contributed by atoms with Crippen LogP contribution in [0.1, 0.15) is 32.1 Å². The first-order valence-electron chi connectivity index (χ1n) is 9.17. The van der Waals surface area contributed by atoms with Gasteiger partial charge in [0, 0.05) is 30.6 Å². The summed E-state index contributed by atoms with van der Waals surface area (Å²) in [6.45, 7) is 3.12. The van der Waals surface area contributed by atoms with E-state index in [1.54, 1.807) is 6.33 Å². The molecule has 1 aliphatic heterocycles. The number of rotatable bonds is 4. The van der Waals surface area contributed by atoms with Gasteiger partial charge in [0.05, 0.1) is 18.7 Å². The summed E-state index contributed by atoms with van der Waals surface area (Å²) in [5.74, 6) is 1.60. The molecule has 2 fully saturated rings. The van der Waals surface area contributed by atoms with E-state index in [0.29, 0.717) is 12.3 Å². The Morgan fingerprint density at radius 1 is 1.20 bits per heavy atom. The van der Waals surface area contributed by atoms with E-state index >= 15 is 0 Å². The fourth-order valence-corrected chi connectivity index (χ4v) is 3.84. The highest BCUT2D eigenvalue weighted by molar-refractivity contribution is 5.96. The number of fused-ring (bicyclic) bond motifs is 1. The zero-order valence-electron chi connectivity index (χ0n) is 14.4. The van der Waals surface area contributed by atoms with Gasteiger partial charge in [-0.25, -0.2) is 9.97 Å². The molecule has 2 aliphatic rings. The van der Waals surface area contributed by atoms with Crippen LogP contribution in [0.5, 0.6) is 0 Å². The highest BCUT2D eigenvalue weighted by Crippen LogP contribution is 2.29. The van der Waals surface area contributed by atoms with Gasteiger partial charge in [0.1, 0.15) is 12.1 Å². The van der Waals surface area contributed by atoms with Gasteiger partial charge in [-0.1, -0.05) is 12.8 Å². The molecule has 1 saturated carbocycles. The minimum Gasteiger partial charge on any atom is -0.378 e. The molecule has 1 aromatic heterocycles. The van der Waals surface area contributed by atoms with Crippen molar-refractivity contribution in [2.24, 2.45) is 5.92 Å². The van der Waals surface area contributed by atoms with Crippen LogP contribution < -0.4 is 10.2 Å². The second-order valence-electron chi connectivity index (χ2n) is 6.93. The quantitative estimate of drug-likeness (QED) is 0.927. The summed E-state index contributed by atoms with van der Waals surface area (Å²) in [5.41, 5.74) is 1.66. The minimum atomic E-state index is 0.105. The second-order valence-corrected chi connectivity index (χ2v) is 6.93. The number of hydrogen-bond acceptors (Lipinski definition) is 5. The average Bonchev–Trinajstić information content (AvgIpc) is 3.14. The Balaban J connectivity index is 1.51. The maximum absolute atomic E-state index is 12.3. The van der Waals surface area contributed by atoms with Crippen LogP contribution in [0.15, 0.2) is 24.5 Å². The van der Waals surface area contributed by atoms with Gasteiger partial charge in [-0.3, -0.25) is 4.79 Å². The minimum absolute atomic E-state index is 0.105. The molecule has 132 valence electrons. The van der Waals surface area contributed by atoms with Crippen LogP contribution in [0.25, 0.3) is 10.9 Å². The van der Waals surface area contributed by atoms with Crippen LogP contribution in [-0.2, 0) is 9.53 Å². The Morgan fingerprint density at radius 3 is 2.80 bits per heavy atom. The van der Waals surface area contributed by atoms with Gasteiger partial charge in [-0.15, -0.1) is 0 Å². The molecule has 1 N–H and O–H groups in total. The van der Waals surface area contributed by atoms with Crippen LogP contribution in [0.4, 0.5) is 11.5 Å². The number of ether oxygens (including phenoxy) is 1. The van der Waals surface area contributed by atoms with Crippen molar-refractivity contribution in [2.45, 2.75) is 32.1 Å². The lowest BCUT2D eigenvalue weighted by Gasteiger charge is -2.28.